The lowest BCUT2D eigenvalue weighted by Gasteiger charge is -2.44. The molecule has 0 bridgehead atoms. The lowest BCUT2D eigenvalue weighted by molar-refractivity contribution is -0.991. The Balaban J connectivity index is 2.15. The maximum atomic E-state index is 13.7. The molecule has 1 aromatic heterocycles. The number of methoxy groups -OCH3 is 1. The van der Waals surface area contributed by atoms with E-state index in [4.69, 9.17) is 28.4 Å². The number of hydrogen-bond donors (Lipinski definition) is 2. The third kappa shape index (κ3) is 8.01. The molecule has 6 unspecified atom stereocenters. The summed E-state index contributed by atoms with van der Waals surface area (Å²) >= 11 is 0. The second-order valence-electron chi connectivity index (χ2n) is 9.23. The standard InChI is InChI=1S/C25H30N4O14/c1-12(30)39-11-19-21(40-13(2)31)22(41-14(3)32)23(42-15(4)33)24(43-19)28-25(35)27(20(34)9-26-28)10-16-6-7-18(38-5)17(8-16)29(36)37/h6-9,19,21-24,29,36H,10-11H2,1-5H3. The second-order valence-corrected chi connectivity index (χ2v) is 9.23. The third-order valence-electron chi connectivity index (χ3n) is 6.03. The Bertz CT molecular complexity index is 1490. The van der Waals surface area contributed by atoms with E-state index in [-0.39, 0.29) is 17.0 Å². The average Bonchev–Trinajstić information content (AvgIpc) is 2.91. The van der Waals surface area contributed by atoms with Crippen LogP contribution in [0.15, 0.2) is 34.0 Å². The first kappa shape index (κ1) is 32.9. The average molecular weight is 611 g/mol. The fraction of sp³-hybridized carbons (Fsp3) is 0.480. The Kier molecular flexibility index (Phi) is 10.7. The number of quaternary nitrogens is 1. The van der Waals surface area contributed by atoms with Crippen LogP contribution in [0.5, 0.6) is 5.75 Å². The van der Waals surface area contributed by atoms with Crippen LogP contribution in [-0.4, -0.2) is 81.6 Å². The van der Waals surface area contributed by atoms with Crippen molar-refractivity contribution in [3.05, 3.63) is 56.0 Å². The van der Waals surface area contributed by atoms with Crippen LogP contribution in [0.4, 0.5) is 5.69 Å². The van der Waals surface area contributed by atoms with Gasteiger partial charge in [-0.2, -0.15) is 15.0 Å². The fourth-order valence-corrected chi connectivity index (χ4v) is 4.37. The zero-order valence-corrected chi connectivity index (χ0v) is 23.7. The number of rotatable bonds is 10. The Morgan fingerprint density at radius 1 is 0.977 bits per heavy atom. The topological polar surface area (TPSA) is 228 Å². The van der Waals surface area contributed by atoms with Gasteiger partial charge in [0.2, 0.25) is 5.69 Å². The Hall–Kier alpha value is -4.65. The first-order valence-electron chi connectivity index (χ1n) is 12.6. The van der Waals surface area contributed by atoms with E-state index in [0.29, 0.717) is 9.25 Å². The highest BCUT2D eigenvalue weighted by Crippen LogP contribution is 2.33. The van der Waals surface area contributed by atoms with Crippen LogP contribution in [0.1, 0.15) is 39.5 Å². The van der Waals surface area contributed by atoms with Crippen LogP contribution in [0, 0.1) is 5.21 Å². The molecule has 1 aromatic carbocycles. The number of aromatic nitrogens is 3. The molecule has 0 aliphatic carbocycles. The van der Waals surface area contributed by atoms with Crippen LogP contribution in [0.3, 0.4) is 0 Å². The lowest BCUT2D eigenvalue weighted by Crippen LogP contribution is -2.99. The molecule has 1 fully saturated rings. The summed E-state index contributed by atoms with van der Waals surface area (Å²) in [5.74, 6) is -3.32. The summed E-state index contributed by atoms with van der Waals surface area (Å²) in [4.78, 5) is 74.1. The predicted octanol–water partition coefficient (Wildman–Crippen LogP) is -1.88. The Labute approximate surface area is 242 Å². The van der Waals surface area contributed by atoms with Gasteiger partial charge in [0.1, 0.15) is 18.9 Å². The zero-order valence-electron chi connectivity index (χ0n) is 23.7. The van der Waals surface area contributed by atoms with E-state index in [1.54, 1.807) is 0 Å². The van der Waals surface area contributed by atoms with Crippen molar-refractivity contribution < 1.29 is 58.0 Å². The van der Waals surface area contributed by atoms with Crippen molar-refractivity contribution in [1.29, 1.82) is 0 Å². The number of ether oxygens (including phenoxy) is 6. The van der Waals surface area contributed by atoms with Gasteiger partial charge >= 0.3 is 29.6 Å². The summed E-state index contributed by atoms with van der Waals surface area (Å²) in [5.41, 5.74) is -1.96. The van der Waals surface area contributed by atoms with Gasteiger partial charge in [0.15, 0.2) is 30.3 Å². The molecule has 3 rings (SSSR count). The molecule has 234 valence electrons. The summed E-state index contributed by atoms with van der Waals surface area (Å²) in [6.45, 7) is 3.24. The zero-order chi connectivity index (χ0) is 32.0. The highest BCUT2D eigenvalue weighted by molar-refractivity contribution is 5.68. The van der Waals surface area contributed by atoms with Gasteiger partial charge in [-0.25, -0.2) is 10.0 Å². The maximum absolute atomic E-state index is 13.7. The van der Waals surface area contributed by atoms with Gasteiger partial charge in [0.05, 0.1) is 13.7 Å². The van der Waals surface area contributed by atoms with Crippen molar-refractivity contribution in [3.63, 3.8) is 0 Å². The van der Waals surface area contributed by atoms with Gasteiger partial charge in [0, 0.05) is 33.8 Å². The molecule has 2 aromatic rings. The highest BCUT2D eigenvalue weighted by Gasteiger charge is 2.53. The van der Waals surface area contributed by atoms with E-state index in [0.717, 1.165) is 33.9 Å². The van der Waals surface area contributed by atoms with Crippen molar-refractivity contribution >= 4 is 29.6 Å². The van der Waals surface area contributed by atoms with Gasteiger partial charge in [-0.15, -0.1) is 0 Å². The minimum atomic E-state index is -1.70. The van der Waals surface area contributed by atoms with Crippen molar-refractivity contribution in [2.24, 2.45) is 0 Å². The summed E-state index contributed by atoms with van der Waals surface area (Å²) in [6.07, 6.45) is -7.03. The lowest BCUT2D eigenvalue weighted by atomic mass is 9.97. The summed E-state index contributed by atoms with van der Waals surface area (Å²) in [7, 11) is 1.28. The molecule has 0 saturated carbocycles. The number of carbonyl (C=O) groups excluding carboxylic acids is 4. The summed E-state index contributed by atoms with van der Waals surface area (Å²) in [5, 5.41) is 23.7. The van der Waals surface area contributed by atoms with Crippen molar-refractivity contribution in [2.75, 3.05) is 13.7 Å². The van der Waals surface area contributed by atoms with Crippen LogP contribution in [0.25, 0.3) is 0 Å². The largest absolute Gasteiger partial charge is 0.595 e. The molecule has 2 heterocycles. The van der Waals surface area contributed by atoms with E-state index < -0.39 is 84.1 Å². The van der Waals surface area contributed by atoms with E-state index in [1.165, 1.54) is 25.3 Å². The van der Waals surface area contributed by atoms with Crippen molar-refractivity contribution in [2.45, 2.75) is 64.9 Å². The SMILES string of the molecule is COc1ccc(Cn2c(=O)cnn(C3OC(COC(C)=O)C(OC(C)=O)C(OC(C)=O)C3OC(C)=O)c2=O)cc1[NH+]([O-])O. The monoisotopic (exact) mass is 610 g/mol. The molecule has 2 N–H and O–H groups in total. The van der Waals surface area contributed by atoms with E-state index >= 15 is 0 Å². The highest BCUT2D eigenvalue weighted by atomic mass is 16.8. The fourth-order valence-electron chi connectivity index (χ4n) is 4.37. The van der Waals surface area contributed by atoms with Crippen LogP contribution in [0.2, 0.25) is 0 Å². The molecule has 1 aliphatic heterocycles. The molecule has 0 amide bonds. The number of nitrogens with zero attached hydrogens (tertiary/aromatic N) is 3. The van der Waals surface area contributed by atoms with E-state index in [9.17, 15) is 39.2 Å². The molecule has 0 radical (unpaired) electrons. The summed E-state index contributed by atoms with van der Waals surface area (Å²) < 4.78 is 33.4. The molecular weight excluding hydrogens is 580 g/mol. The number of nitrogens with one attached hydrogen (secondary N) is 1. The van der Waals surface area contributed by atoms with Gasteiger partial charge in [-0.1, -0.05) is 6.07 Å². The number of esters is 4. The maximum Gasteiger partial charge on any atom is 0.350 e. The van der Waals surface area contributed by atoms with Gasteiger partial charge in [0.25, 0.3) is 5.56 Å². The molecule has 1 aliphatic rings. The minimum absolute atomic E-state index is 0.0493. The van der Waals surface area contributed by atoms with Gasteiger partial charge in [-0.05, 0) is 11.6 Å². The van der Waals surface area contributed by atoms with E-state index in [1.807, 2.05) is 0 Å². The predicted molar refractivity (Wildman–Crippen MR) is 138 cm³/mol. The smallest absolute Gasteiger partial charge is 0.350 e. The van der Waals surface area contributed by atoms with E-state index in [2.05, 4.69) is 5.10 Å². The molecular formula is C25H30N4O14. The molecule has 6 atom stereocenters. The summed E-state index contributed by atoms with van der Waals surface area (Å²) in [6, 6.07) is 4.01. The first-order valence-corrected chi connectivity index (χ1v) is 12.6. The first-order chi connectivity index (χ1) is 20.2. The van der Waals surface area contributed by atoms with Crippen LogP contribution in [-0.2, 0) is 49.4 Å². The third-order valence-corrected chi connectivity index (χ3v) is 6.03. The number of benzene rings is 1. The molecule has 1 saturated heterocycles. The molecule has 18 heteroatoms. The normalized spacial score (nSPS) is 22.2. The van der Waals surface area contributed by atoms with Crippen molar-refractivity contribution in [1.82, 2.24) is 14.3 Å². The van der Waals surface area contributed by atoms with Crippen LogP contribution < -0.4 is 21.2 Å². The van der Waals surface area contributed by atoms with Gasteiger partial charge in [-0.3, -0.25) is 28.5 Å². The Morgan fingerprint density at radius 2 is 1.58 bits per heavy atom. The van der Waals surface area contributed by atoms with Crippen LogP contribution >= 0.6 is 0 Å². The quantitative estimate of drug-likeness (QED) is 0.170. The van der Waals surface area contributed by atoms with Crippen molar-refractivity contribution in [3.8, 4) is 5.75 Å². The Morgan fingerprint density at radius 3 is 2.14 bits per heavy atom. The molecule has 0 spiro atoms. The minimum Gasteiger partial charge on any atom is -0.595 e. The van der Waals surface area contributed by atoms with Gasteiger partial charge < -0.3 is 33.6 Å². The molecule has 18 nitrogen and oxygen atoms in total. The second kappa shape index (κ2) is 14.0. The molecule has 43 heavy (non-hydrogen) atoms. The number of carbonyl (C=O) groups is 4. The number of hydrogen-bond acceptors (Lipinski definition) is 15.